The van der Waals surface area contributed by atoms with E-state index in [1.165, 1.54) is 0 Å². The zero-order valence-electron chi connectivity index (χ0n) is 17.2. The number of Topliss-reactive ketones (excluding diaryl/α,β-unsaturated/α-hetero) is 1. The van der Waals surface area contributed by atoms with Gasteiger partial charge < -0.3 is 9.64 Å². The molecule has 1 aliphatic rings. The lowest BCUT2D eigenvalue weighted by Crippen LogP contribution is -2.40. The fourth-order valence-corrected chi connectivity index (χ4v) is 3.96. The summed E-state index contributed by atoms with van der Waals surface area (Å²) in [5.41, 5.74) is 2.14. The molecule has 3 aromatic rings. The maximum Gasteiger partial charge on any atom is 0.253 e. The van der Waals surface area contributed by atoms with Crippen LogP contribution in [0, 0.1) is 5.92 Å². The molecule has 30 heavy (non-hydrogen) atoms. The highest BCUT2D eigenvalue weighted by molar-refractivity contribution is 5.97. The summed E-state index contributed by atoms with van der Waals surface area (Å²) in [6.07, 6.45) is 6.55. The van der Waals surface area contributed by atoms with E-state index in [4.69, 9.17) is 4.74 Å². The van der Waals surface area contributed by atoms with E-state index in [2.05, 4.69) is 10.2 Å². The van der Waals surface area contributed by atoms with Gasteiger partial charge in [0.25, 0.3) is 5.91 Å². The van der Waals surface area contributed by atoms with Crippen molar-refractivity contribution in [2.75, 3.05) is 20.2 Å². The van der Waals surface area contributed by atoms with Crippen molar-refractivity contribution in [1.29, 1.82) is 0 Å². The van der Waals surface area contributed by atoms with E-state index in [1.807, 2.05) is 29.3 Å². The maximum absolute atomic E-state index is 13.1. The summed E-state index contributed by atoms with van der Waals surface area (Å²) in [5, 5.41) is 8.31. The van der Waals surface area contributed by atoms with Crippen LogP contribution in [-0.2, 0) is 13.6 Å². The van der Waals surface area contributed by atoms with Crippen molar-refractivity contribution in [3.63, 3.8) is 0 Å². The third-order valence-electron chi connectivity index (χ3n) is 5.65. The quantitative estimate of drug-likeness (QED) is 0.586. The molecule has 3 heterocycles. The highest BCUT2D eigenvalue weighted by Gasteiger charge is 2.29. The van der Waals surface area contributed by atoms with Gasteiger partial charge in [0.05, 0.1) is 13.7 Å². The first-order valence-corrected chi connectivity index (χ1v) is 10.0. The van der Waals surface area contributed by atoms with Crippen LogP contribution < -0.4 is 4.74 Å². The third kappa shape index (κ3) is 3.98. The van der Waals surface area contributed by atoms with Crippen molar-refractivity contribution >= 4 is 11.7 Å². The van der Waals surface area contributed by atoms with Gasteiger partial charge in [-0.1, -0.05) is 0 Å². The van der Waals surface area contributed by atoms with Gasteiger partial charge in [-0.15, -0.1) is 0 Å². The topological polar surface area (TPSA) is 82.3 Å². The molecular formula is C22H25N5O3. The molecule has 156 valence electrons. The van der Waals surface area contributed by atoms with Gasteiger partial charge >= 0.3 is 0 Å². The Morgan fingerprint density at radius 1 is 1.13 bits per heavy atom. The number of likely N-dealkylation sites (tertiary alicyclic amines) is 1. The average Bonchev–Trinajstić information content (AvgIpc) is 3.44. The van der Waals surface area contributed by atoms with E-state index in [0.717, 1.165) is 11.3 Å². The molecule has 0 spiro atoms. The summed E-state index contributed by atoms with van der Waals surface area (Å²) in [5.74, 6) is 0.733. The van der Waals surface area contributed by atoms with Crippen molar-refractivity contribution in [2.24, 2.45) is 13.0 Å². The summed E-state index contributed by atoms with van der Waals surface area (Å²) >= 11 is 0. The average molecular weight is 407 g/mol. The van der Waals surface area contributed by atoms with E-state index in [0.29, 0.717) is 43.7 Å². The van der Waals surface area contributed by atoms with E-state index >= 15 is 0 Å². The lowest BCUT2D eigenvalue weighted by atomic mass is 9.90. The number of hydrogen-bond donors (Lipinski definition) is 0. The Bertz CT molecular complexity index is 1030. The predicted octanol–water partition coefficient (Wildman–Crippen LogP) is 2.41. The normalized spacial score (nSPS) is 14.7. The number of aryl methyl sites for hydroxylation is 1. The van der Waals surface area contributed by atoms with Gasteiger partial charge in [-0.05, 0) is 43.2 Å². The number of ether oxygens (including phenoxy) is 1. The lowest BCUT2D eigenvalue weighted by Gasteiger charge is -2.31. The van der Waals surface area contributed by atoms with Crippen LogP contribution in [0.25, 0.3) is 0 Å². The number of amides is 1. The number of hydrogen-bond acceptors (Lipinski definition) is 5. The first kappa shape index (κ1) is 19.9. The number of piperidine rings is 1. The largest absolute Gasteiger partial charge is 0.496 e. The minimum Gasteiger partial charge on any atom is -0.496 e. The second-order valence-electron chi connectivity index (χ2n) is 7.50. The zero-order chi connectivity index (χ0) is 21.1. The van der Waals surface area contributed by atoms with Crippen LogP contribution in [0.3, 0.4) is 0 Å². The van der Waals surface area contributed by atoms with Gasteiger partial charge in [0.1, 0.15) is 11.4 Å². The summed E-state index contributed by atoms with van der Waals surface area (Å²) in [7, 11) is 3.39. The Labute approximate surface area is 175 Å². The molecule has 2 aromatic heterocycles. The minimum absolute atomic E-state index is 0.0224. The Balaban J connectivity index is 1.44. The number of aromatic nitrogens is 4. The Morgan fingerprint density at radius 3 is 2.57 bits per heavy atom. The molecule has 0 atom stereocenters. The second-order valence-corrected chi connectivity index (χ2v) is 7.50. The zero-order valence-corrected chi connectivity index (χ0v) is 17.2. The van der Waals surface area contributed by atoms with Crippen LogP contribution in [0.1, 0.15) is 39.3 Å². The number of rotatable bonds is 6. The number of carbonyl (C=O) groups is 2. The second kappa shape index (κ2) is 8.52. The number of methoxy groups -OCH3 is 1. The molecule has 0 radical (unpaired) electrons. The van der Waals surface area contributed by atoms with Crippen molar-refractivity contribution in [2.45, 2.75) is 19.4 Å². The van der Waals surface area contributed by atoms with Crippen LogP contribution in [0.4, 0.5) is 0 Å². The van der Waals surface area contributed by atoms with E-state index < -0.39 is 0 Å². The molecule has 1 fully saturated rings. The van der Waals surface area contributed by atoms with Crippen molar-refractivity contribution in [3.8, 4) is 5.75 Å². The Hall–Kier alpha value is -3.42. The fraction of sp³-hybridized carbons (Fsp3) is 0.364. The number of ketones is 1. The molecule has 0 saturated carbocycles. The minimum atomic E-state index is -0.0734. The van der Waals surface area contributed by atoms with Gasteiger partial charge in [0.2, 0.25) is 0 Å². The molecule has 1 amide bonds. The summed E-state index contributed by atoms with van der Waals surface area (Å²) < 4.78 is 8.85. The molecule has 0 unspecified atom stereocenters. The van der Waals surface area contributed by atoms with Gasteiger partial charge in [-0.25, -0.2) is 0 Å². The lowest BCUT2D eigenvalue weighted by molar-refractivity contribution is 0.0647. The smallest absolute Gasteiger partial charge is 0.253 e. The fourth-order valence-electron chi connectivity index (χ4n) is 3.96. The molecule has 4 rings (SSSR count). The summed E-state index contributed by atoms with van der Waals surface area (Å²) in [6.45, 7) is 1.65. The number of carbonyl (C=O) groups excluding carboxylic acids is 2. The summed E-state index contributed by atoms with van der Waals surface area (Å²) in [4.78, 5) is 27.6. The van der Waals surface area contributed by atoms with Crippen LogP contribution in [-0.4, -0.2) is 56.4 Å². The van der Waals surface area contributed by atoms with Crippen LogP contribution in [0.15, 0.2) is 48.9 Å². The SMILES string of the molecule is COc1ccc(C(=O)N2CCC(C(=O)c3ccnn3C)CC2)cc1Cn1cccn1. The molecule has 8 heteroatoms. The molecule has 1 aliphatic heterocycles. The molecule has 0 aliphatic carbocycles. The van der Waals surface area contributed by atoms with Crippen molar-refractivity contribution < 1.29 is 14.3 Å². The highest BCUT2D eigenvalue weighted by atomic mass is 16.5. The van der Waals surface area contributed by atoms with E-state index in [-0.39, 0.29) is 17.6 Å². The molecule has 8 nitrogen and oxygen atoms in total. The molecular weight excluding hydrogens is 382 g/mol. The highest BCUT2D eigenvalue weighted by Crippen LogP contribution is 2.25. The van der Waals surface area contributed by atoms with E-state index in [1.54, 1.807) is 48.0 Å². The first-order valence-electron chi connectivity index (χ1n) is 10.0. The molecule has 1 aromatic carbocycles. The maximum atomic E-state index is 13.1. The Kier molecular flexibility index (Phi) is 5.65. The number of benzene rings is 1. The molecule has 0 bridgehead atoms. The third-order valence-corrected chi connectivity index (χ3v) is 5.65. The first-order chi connectivity index (χ1) is 14.6. The van der Waals surface area contributed by atoms with Gasteiger partial charge in [-0.3, -0.25) is 19.0 Å². The number of nitrogens with zero attached hydrogens (tertiary/aromatic N) is 5. The van der Waals surface area contributed by atoms with Crippen molar-refractivity contribution in [3.05, 3.63) is 65.7 Å². The van der Waals surface area contributed by atoms with Crippen LogP contribution in [0.5, 0.6) is 5.75 Å². The van der Waals surface area contributed by atoms with Gasteiger partial charge in [-0.2, -0.15) is 10.2 Å². The van der Waals surface area contributed by atoms with Gasteiger partial charge in [0.15, 0.2) is 5.78 Å². The summed E-state index contributed by atoms with van der Waals surface area (Å²) in [6, 6.07) is 9.10. The van der Waals surface area contributed by atoms with E-state index in [9.17, 15) is 9.59 Å². The van der Waals surface area contributed by atoms with Crippen LogP contribution in [0.2, 0.25) is 0 Å². The monoisotopic (exact) mass is 407 g/mol. The van der Waals surface area contributed by atoms with Crippen molar-refractivity contribution in [1.82, 2.24) is 24.5 Å². The standard InChI is InChI=1S/C22H25N5O3/c1-25-19(6-10-23-25)21(28)16-7-12-26(13-8-16)22(29)17-4-5-20(30-2)18(14-17)15-27-11-3-9-24-27/h3-6,9-11,14,16H,7-8,12-13,15H2,1-2H3. The van der Waals surface area contributed by atoms with Crippen LogP contribution >= 0.6 is 0 Å². The molecule has 0 N–H and O–H groups in total. The van der Waals surface area contributed by atoms with Gasteiger partial charge in [0, 0.05) is 55.8 Å². The molecule has 1 saturated heterocycles. The predicted molar refractivity (Wildman–Crippen MR) is 110 cm³/mol. The Morgan fingerprint density at radius 2 is 1.93 bits per heavy atom.